The van der Waals surface area contributed by atoms with Gasteiger partial charge in [-0.15, -0.1) is 0 Å². The van der Waals surface area contributed by atoms with Crippen molar-refractivity contribution in [2.24, 2.45) is 0 Å². The van der Waals surface area contributed by atoms with Gasteiger partial charge in [0.1, 0.15) is 0 Å². The monoisotopic (exact) mass is 273 g/mol. The van der Waals surface area contributed by atoms with Crippen LogP contribution in [0.15, 0.2) is 24.3 Å². The Balaban J connectivity index is 1.90. The van der Waals surface area contributed by atoms with Crippen LogP contribution in [0, 0.1) is 11.3 Å². The van der Waals surface area contributed by atoms with Crippen LogP contribution in [0.5, 0.6) is 0 Å². The maximum atomic E-state index is 12.1. The zero-order chi connectivity index (χ0) is 14.4. The number of hydrogen-bond donors (Lipinski definition) is 0. The summed E-state index contributed by atoms with van der Waals surface area (Å²) in [6.07, 6.45) is 0. The molecule has 1 amide bonds. The Bertz CT molecular complexity index is 504. The number of rotatable bonds is 4. The number of morpholine rings is 1. The van der Waals surface area contributed by atoms with Gasteiger partial charge in [0.05, 0.1) is 31.4 Å². The molecule has 0 bridgehead atoms. The molecule has 0 saturated carbocycles. The summed E-state index contributed by atoms with van der Waals surface area (Å²) in [5.74, 6) is 0.116. The van der Waals surface area contributed by atoms with Crippen molar-refractivity contribution < 1.29 is 9.53 Å². The number of likely N-dealkylation sites (N-methyl/N-ethyl adjacent to an activating group) is 1. The zero-order valence-corrected chi connectivity index (χ0v) is 11.7. The highest BCUT2D eigenvalue weighted by molar-refractivity contribution is 5.78. The topological polar surface area (TPSA) is 56.6 Å². The molecular weight excluding hydrogens is 254 g/mol. The van der Waals surface area contributed by atoms with Gasteiger partial charge in [-0.1, -0.05) is 18.2 Å². The van der Waals surface area contributed by atoms with E-state index in [0.29, 0.717) is 45.0 Å². The lowest BCUT2D eigenvalue weighted by Crippen LogP contribution is -2.44. The van der Waals surface area contributed by atoms with Crippen molar-refractivity contribution in [3.63, 3.8) is 0 Å². The number of benzene rings is 1. The molecule has 0 spiro atoms. The minimum absolute atomic E-state index is 0.116. The third kappa shape index (κ3) is 3.80. The Morgan fingerprint density at radius 2 is 2.10 bits per heavy atom. The summed E-state index contributed by atoms with van der Waals surface area (Å²) in [5.41, 5.74) is 1.62. The van der Waals surface area contributed by atoms with Crippen LogP contribution in [0.3, 0.4) is 0 Å². The van der Waals surface area contributed by atoms with E-state index in [1.807, 2.05) is 35.0 Å². The molecule has 106 valence electrons. The van der Waals surface area contributed by atoms with Crippen molar-refractivity contribution in [2.45, 2.75) is 6.54 Å². The van der Waals surface area contributed by atoms with Gasteiger partial charge in [-0.2, -0.15) is 5.26 Å². The summed E-state index contributed by atoms with van der Waals surface area (Å²) in [6, 6.07) is 9.66. The first kappa shape index (κ1) is 14.5. The van der Waals surface area contributed by atoms with E-state index >= 15 is 0 Å². The molecule has 1 aliphatic rings. The molecule has 1 aliphatic heterocycles. The van der Waals surface area contributed by atoms with E-state index in [1.54, 1.807) is 6.07 Å². The smallest absolute Gasteiger partial charge is 0.236 e. The second-order valence-electron chi connectivity index (χ2n) is 4.93. The number of hydrogen-bond acceptors (Lipinski definition) is 4. The maximum Gasteiger partial charge on any atom is 0.236 e. The molecule has 0 radical (unpaired) electrons. The molecule has 1 aromatic carbocycles. The summed E-state index contributed by atoms with van der Waals surface area (Å²) in [5, 5.41) is 9.06. The first-order valence-corrected chi connectivity index (χ1v) is 6.73. The second-order valence-corrected chi connectivity index (χ2v) is 4.93. The molecule has 0 aromatic heterocycles. The molecule has 1 aromatic rings. The fourth-order valence-corrected chi connectivity index (χ4v) is 2.26. The molecule has 5 nitrogen and oxygen atoms in total. The normalized spacial score (nSPS) is 15.2. The van der Waals surface area contributed by atoms with Gasteiger partial charge in [0.15, 0.2) is 0 Å². The standard InChI is InChI=1S/C15H19N3O2/c1-17(11-14-5-3-2-4-13(14)10-16)12-15(19)18-6-8-20-9-7-18/h2-5H,6-9,11-12H2,1H3. The first-order chi connectivity index (χ1) is 9.70. The lowest BCUT2D eigenvalue weighted by molar-refractivity contribution is -0.136. The van der Waals surface area contributed by atoms with Crippen LogP contribution >= 0.6 is 0 Å². The van der Waals surface area contributed by atoms with E-state index < -0.39 is 0 Å². The summed E-state index contributed by atoms with van der Waals surface area (Å²) < 4.78 is 5.24. The predicted molar refractivity (Wildman–Crippen MR) is 74.9 cm³/mol. The fraction of sp³-hybridized carbons (Fsp3) is 0.467. The third-order valence-electron chi connectivity index (χ3n) is 3.35. The average molecular weight is 273 g/mol. The molecular formula is C15H19N3O2. The van der Waals surface area contributed by atoms with Gasteiger partial charge in [0, 0.05) is 19.6 Å². The van der Waals surface area contributed by atoms with Crippen molar-refractivity contribution in [3.05, 3.63) is 35.4 Å². The number of amides is 1. The Labute approximate surface area is 119 Å². The first-order valence-electron chi connectivity index (χ1n) is 6.73. The molecule has 20 heavy (non-hydrogen) atoms. The number of carbonyl (C=O) groups excluding carboxylic acids is 1. The Morgan fingerprint density at radius 3 is 2.80 bits per heavy atom. The average Bonchev–Trinajstić information content (AvgIpc) is 2.48. The number of nitrogens with zero attached hydrogens (tertiary/aromatic N) is 3. The van der Waals surface area contributed by atoms with Gasteiger partial charge in [-0.3, -0.25) is 9.69 Å². The van der Waals surface area contributed by atoms with Crippen molar-refractivity contribution in [1.82, 2.24) is 9.80 Å². The SMILES string of the molecule is CN(CC(=O)N1CCOCC1)Cc1ccccc1C#N. The molecule has 1 fully saturated rings. The van der Waals surface area contributed by atoms with Gasteiger partial charge >= 0.3 is 0 Å². The Hall–Kier alpha value is -1.90. The highest BCUT2D eigenvalue weighted by Crippen LogP contribution is 2.10. The molecule has 0 aliphatic carbocycles. The van der Waals surface area contributed by atoms with Crippen LogP contribution in [0.1, 0.15) is 11.1 Å². The van der Waals surface area contributed by atoms with E-state index in [-0.39, 0.29) is 5.91 Å². The summed E-state index contributed by atoms with van der Waals surface area (Å²) in [7, 11) is 1.90. The van der Waals surface area contributed by atoms with Crippen LogP contribution in [-0.2, 0) is 16.1 Å². The molecule has 0 N–H and O–H groups in total. The van der Waals surface area contributed by atoms with E-state index in [2.05, 4.69) is 6.07 Å². The number of carbonyl (C=O) groups is 1. The minimum Gasteiger partial charge on any atom is -0.378 e. The maximum absolute atomic E-state index is 12.1. The van der Waals surface area contributed by atoms with Gasteiger partial charge < -0.3 is 9.64 Å². The highest BCUT2D eigenvalue weighted by Gasteiger charge is 2.18. The predicted octanol–water partition coefficient (Wildman–Crippen LogP) is 0.849. The van der Waals surface area contributed by atoms with E-state index in [4.69, 9.17) is 10.00 Å². The molecule has 0 unspecified atom stereocenters. The third-order valence-corrected chi connectivity index (χ3v) is 3.35. The van der Waals surface area contributed by atoms with Gasteiger partial charge in [0.2, 0.25) is 5.91 Å². The van der Waals surface area contributed by atoms with Crippen molar-refractivity contribution >= 4 is 5.91 Å². The van der Waals surface area contributed by atoms with Crippen LogP contribution in [0.2, 0.25) is 0 Å². The zero-order valence-electron chi connectivity index (χ0n) is 11.7. The Morgan fingerprint density at radius 1 is 1.40 bits per heavy atom. The summed E-state index contributed by atoms with van der Waals surface area (Å²) in [4.78, 5) is 15.9. The van der Waals surface area contributed by atoms with Crippen LogP contribution in [0.4, 0.5) is 0 Å². The van der Waals surface area contributed by atoms with Gasteiger partial charge in [-0.05, 0) is 18.7 Å². The van der Waals surface area contributed by atoms with E-state index in [1.165, 1.54) is 0 Å². The lowest BCUT2D eigenvalue weighted by Gasteiger charge is -2.28. The molecule has 1 saturated heterocycles. The van der Waals surface area contributed by atoms with Crippen LogP contribution < -0.4 is 0 Å². The van der Waals surface area contributed by atoms with Crippen LogP contribution in [-0.4, -0.2) is 55.6 Å². The molecule has 2 rings (SSSR count). The lowest BCUT2D eigenvalue weighted by atomic mass is 10.1. The molecule has 0 atom stereocenters. The van der Waals surface area contributed by atoms with E-state index in [9.17, 15) is 4.79 Å². The number of ether oxygens (including phenoxy) is 1. The molecule has 5 heteroatoms. The van der Waals surface area contributed by atoms with Crippen molar-refractivity contribution in [2.75, 3.05) is 39.9 Å². The minimum atomic E-state index is 0.116. The van der Waals surface area contributed by atoms with Gasteiger partial charge in [-0.25, -0.2) is 0 Å². The highest BCUT2D eigenvalue weighted by atomic mass is 16.5. The van der Waals surface area contributed by atoms with Gasteiger partial charge in [0.25, 0.3) is 0 Å². The number of nitriles is 1. The fourth-order valence-electron chi connectivity index (χ4n) is 2.26. The summed E-state index contributed by atoms with van der Waals surface area (Å²) in [6.45, 7) is 3.53. The Kier molecular flexibility index (Phi) is 5.10. The van der Waals surface area contributed by atoms with Crippen molar-refractivity contribution in [1.29, 1.82) is 5.26 Å². The quantitative estimate of drug-likeness (QED) is 0.816. The van der Waals surface area contributed by atoms with Crippen LogP contribution in [0.25, 0.3) is 0 Å². The summed E-state index contributed by atoms with van der Waals surface area (Å²) >= 11 is 0. The van der Waals surface area contributed by atoms with Crippen molar-refractivity contribution in [3.8, 4) is 6.07 Å². The van der Waals surface area contributed by atoms with E-state index in [0.717, 1.165) is 5.56 Å². The second kappa shape index (κ2) is 7.04. The largest absolute Gasteiger partial charge is 0.378 e. The molecule has 1 heterocycles.